The Balaban J connectivity index is 1.70. The van der Waals surface area contributed by atoms with Gasteiger partial charge in [0.25, 0.3) is 0 Å². The maximum Gasteiger partial charge on any atom is 0.163 e. The summed E-state index contributed by atoms with van der Waals surface area (Å²) in [7, 11) is 0. The van der Waals surface area contributed by atoms with Crippen LogP contribution in [0.5, 0.6) is 11.5 Å². The zero-order valence-corrected chi connectivity index (χ0v) is 10.8. The Hall–Kier alpha value is -1.42. The van der Waals surface area contributed by atoms with E-state index in [1.807, 2.05) is 0 Å². The van der Waals surface area contributed by atoms with Crippen molar-refractivity contribution in [2.45, 2.75) is 13.3 Å². The highest BCUT2D eigenvalue weighted by atomic mass is 16.6. The number of hydrogen-bond acceptors (Lipinski definition) is 4. The van der Waals surface area contributed by atoms with Gasteiger partial charge in [-0.15, -0.1) is 0 Å². The fourth-order valence-electron chi connectivity index (χ4n) is 2.52. The monoisotopic (exact) mass is 248 g/mol. The first-order chi connectivity index (χ1) is 8.83. The Morgan fingerprint density at radius 1 is 1.28 bits per heavy atom. The fourth-order valence-corrected chi connectivity index (χ4v) is 2.52. The molecule has 4 nitrogen and oxygen atoms in total. The summed E-state index contributed by atoms with van der Waals surface area (Å²) in [5.41, 5.74) is 2.37. The summed E-state index contributed by atoms with van der Waals surface area (Å²) >= 11 is 0. The molecule has 0 bridgehead atoms. The van der Waals surface area contributed by atoms with E-state index in [9.17, 15) is 0 Å². The molecule has 1 unspecified atom stereocenters. The third kappa shape index (κ3) is 2.38. The van der Waals surface area contributed by atoms with E-state index < -0.39 is 0 Å². The molecule has 1 saturated heterocycles. The lowest BCUT2D eigenvalue weighted by molar-refractivity contribution is 0.171. The van der Waals surface area contributed by atoms with Gasteiger partial charge in [-0.2, -0.15) is 0 Å². The van der Waals surface area contributed by atoms with Crippen LogP contribution < -0.4 is 20.1 Å². The van der Waals surface area contributed by atoms with Gasteiger partial charge in [0.05, 0.1) is 0 Å². The molecule has 0 radical (unpaired) electrons. The molecular weight excluding hydrogens is 228 g/mol. The Morgan fingerprint density at radius 2 is 2.06 bits per heavy atom. The van der Waals surface area contributed by atoms with E-state index in [2.05, 4.69) is 29.7 Å². The molecule has 18 heavy (non-hydrogen) atoms. The van der Waals surface area contributed by atoms with Gasteiger partial charge < -0.3 is 20.1 Å². The number of hydrogen-bond donors (Lipinski definition) is 2. The van der Waals surface area contributed by atoms with Crippen molar-refractivity contribution in [1.82, 2.24) is 5.32 Å². The molecule has 1 atom stereocenters. The molecule has 1 fully saturated rings. The van der Waals surface area contributed by atoms with Crippen molar-refractivity contribution in [1.29, 1.82) is 0 Å². The summed E-state index contributed by atoms with van der Waals surface area (Å²) in [5, 5.41) is 6.92. The molecule has 0 spiro atoms. The smallest absolute Gasteiger partial charge is 0.163 e. The van der Waals surface area contributed by atoms with Gasteiger partial charge >= 0.3 is 0 Å². The highest BCUT2D eigenvalue weighted by Gasteiger charge is 2.17. The summed E-state index contributed by atoms with van der Waals surface area (Å²) in [6.45, 7) is 6.68. The molecule has 0 aliphatic carbocycles. The molecule has 1 aromatic rings. The fraction of sp³-hybridized carbons (Fsp3) is 0.571. The minimum absolute atomic E-state index is 0.641. The van der Waals surface area contributed by atoms with Crippen LogP contribution in [0.1, 0.15) is 12.0 Å². The SMILES string of the molecule is Cc1cc2c(cc1NCC1CCNC1)OCCO2. The first-order valence-corrected chi connectivity index (χ1v) is 6.68. The third-order valence-electron chi connectivity index (χ3n) is 3.63. The average Bonchev–Trinajstić information content (AvgIpc) is 2.89. The molecule has 3 rings (SSSR count). The summed E-state index contributed by atoms with van der Waals surface area (Å²) in [5.74, 6) is 2.46. The highest BCUT2D eigenvalue weighted by Crippen LogP contribution is 2.35. The topological polar surface area (TPSA) is 42.5 Å². The van der Waals surface area contributed by atoms with Gasteiger partial charge in [-0.25, -0.2) is 0 Å². The number of benzene rings is 1. The van der Waals surface area contributed by atoms with Crippen LogP contribution in [-0.4, -0.2) is 32.8 Å². The largest absolute Gasteiger partial charge is 0.486 e. The van der Waals surface area contributed by atoms with Gasteiger partial charge in [0.1, 0.15) is 13.2 Å². The lowest BCUT2D eigenvalue weighted by Crippen LogP contribution is -2.19. The second kappa shape index (κ2) is 5.06. The predicted molar refractivity (Wildman–Crippen MR) is 71.6 cm³/mol. The molecule has 2 aliphatic heterocycles. The summed E-state index contributed by atoms with van der Waals surface area (Å²) < 4.78 is 11.2. The summed E-state index contributed by atoms with van der Waals surface area (Å²) in [6, 6.07) is 4.12. The van der Waals surface area contributed by atoms with Gasteiger partial charge in [0.15, 0.2) is 11.5 Å². The number of rotatable bonds is 3. The molecule has 2 heterocycles. The van der Waals surface area contributed by atoms with Gasteiger partial charge in [0.2, 0.25) is 0 Å². The van der Waals surface area contributed by atoms with Crippen LogP contribution in [0.25, 0.3) is 0 Å². The number of fused-ring (bicyclic) bond motifs is 1. The van der Waals surface area contributed by atoms with E-state index in [0.29, 0.717) is 13.2 Å². The maximum absolute atomic E-state index is 5.61. The van der Waals surface area contributed by atoms with E-state index in [1.54, 1.807) is 0 Å². The Bertz CT molecular complexity index is 428. The molecule has 0 amide bonds. The summed E-state index contributed by atoms with van der Waals surface area (Å²) in [4.78, 5) is 0. The predicted octanol–water partition coefficient (Wildman–Crippen LogP) is 1.79. The Kier molecular flexibility index (Phi) is 3.28. The molecule has 4 heteroatoms. The average molecular weight is 248 g/mol. The van der Waals surface area contributed by atoms with Crippen LogP contribution in [0, 0.1) is 12.8 Å². The van der Waals surface area contributed by atoms with Gasteiger partial charge in [-0.1, -0.05) is 0 Å². The molecular formula is C14H20N2O2. The normalized spacial score (nSPS) is 21.9. The molecule has 98 valence electrons. The number of aryl methyl sites for hydroxylation is 1. The maximum atomic E-state index is 5.61. The van der Waals surface area contributed by atoms with Crippen LogP contribution in [0.2, 0.25) is 0 Å². The number of anilines is 1. The van der Waals surface area contributed by atoms with Gasteiger partial charge in [-0.3, -0.25) is 0 Å². The quantitative estimate of drug-likeness (QED) is 0.856. The number of nitrogens with one attached hydrogen (secondary N) is 2. The highest BCUT2D eigenvalue weighted by molar-refractivity contribution is 5.60. The minimum atomic E-state index is 0.641. The lowest BCUT2D eigenvalue weighted by Gasteiger charge is -2.21. The first kappa shape index (κ1) is 11.7. The molecule has 1 aromatic carbocycles. The Morgan fingerprint density at radius 3 is 2.78 bits per heavy atom. The standard InChI is InChI=1S/C14H20N2O2/c1-10-6-13-14(18-5-4-17-13)7-12(10)16-9-11-2-3-15-8-11/h6-7,11,15-16H,2-5,8-9H2,1H3. The van der Waals surface area contributed by atoms with Crippen molar-refractivity contribution in [2.75, 3.05) is 38.2 Å². The van der Waals surface area contributed by atoms with Crippen LogP contribution >= 0.6 is 0 Å². The molecule has 2 aliphatic rings. The Labute approximate surface area is 108 Å². The molecule has 0 saturated carbocycles. The van der Waals surface area contributed by atoms with Crippen molar-refractivity contribution < 1.29 is 9.47 Å². The van der Waals surface area contributed by atoms with Crippen molar-refractivity contribution in [2.24, 2.45) is 5.92 Å². The third-order valence-corrected chi connectivity index (χ3v) is 3.63. The van der Waals surface area contributed by atoms with Crippen molar-refractivity contribution in [3.8, 4) is 11.5 Å². The molecule has 0 aromatic heterocycles. The van der Waals surface area contributed by atoms with Gasteiger partial charge in [-0.05, 0) is 44.0 Å². The van der Waals surface area contributed by atoms with Crippen LogP contribution in [-0.2, 0) is 0 Å². The number of ether oxygens (including phenoxy) is 2. The molecule has 2 N–H and O–H groups in total. The van der Waals surface area contributed by atoms with Crippen LogP contribution in [0.3, 0.4) is 0 Å². The second-order valence-corrected chi connectivity index (χ2v) is 5.05. The summed E-state index contributed by atoms with van der Waals surface area (Å²) in [6.07, 6.45) is 1.26. The van der Waals surface area contributed by atoms with Crippen molar-refractivity contribution >= 4 is 5.69 Å². The van der Waals surface area contributed by atoms with E-state index in [0.717, 1.165) is 42.7 Å². The lowest BCUT2D eigenvalue weighted by atomic mass is 10.1. The minimum Gasteiger partial charge on any atom is -0.486 e. The van der Waals surface area contributed by atoms with E-state index in [4.69, 9.17) is 9.47 Å². The van der Waals surface area contributed by atoms with E-state index in [-0.39, 0.29) is 0 Å². The van der Waals surface area contributed by atoms with Gasteiger partial charge in [0, 0.05) is 18.3 Å². The first-order valence-electron chi connectivity index (χ1n) is 6.68. The second-order valence-electron chi connectivity index (χ2n) is 5.05. The van der Waals surface area contributed by atoms with Crippen molar-refractivity contribution in [3.05, 3.63) is 17.7 Å². The zero-order chi connectivity index (χ0) is 12.4. The zero-order valence-electron chi connectivity index (χ0n) is 10.8. The van der Waals surface area contributed by atoms with Crippen LogP contribution in [0.4, 0.5) is 5.69 Å². The van der Waals surface area contributed by atoms with E-state index in [1.165, 1.54) is 12.0 Å². The van der Waals surface area contributed by atoms with Crippen LogP contribution in [0.15, 0.2) is 12.1 Å². The van der Waals surface area contributed by atoms with E-state index >= 15 is 0 Å². The van der Waals surface area contributed by atoms with Crippen molar-refractivity contribution in [3.63, 3.8) is 0 Å².